The van der Waals surface area contributed by atoms with Crippen molar-refractivity contribution in [2.75, 3.05) is 16.9 Å². The highest BCUT2D eigenvalue weighted by Gasteiger charge is 2.41. The Morgan fingerprint density at radius 2 is 1.30 bits per heavy atom. The summed E-state index contributed by atoms with van der Waals surface area (Å²) in [5, 5.41) is 0.116. The molecule has 0 N–H and O–H groups in total. The Morgan fingerprint density at radius 1 is 0.767 bits per heavy atom. The lowest BCUT2D eigenvalue weighted by atomic mass is 10.0. The summed E-state index contributed by atoms with van der Waals surface area (Å²) in [4.78, 5) is 29.5. The van der Waals surface area contributed by atoms with Gasteiger partial charge in [0.15, 0.2) is 5.11 Å². The van der Waals surface area contributed by atoms with E-state index in [1.807, 2.05) is 42.5 Å². The molecule has 3 aromatic rings. The minimum Gasteiger partial charge on any atom is -0.497 e. The van der Waals surface area contributed by atoms with Gasteiger partial charge in [0.1, 0.15) is 11.3 Å². The lowest BCUT2D eigenvalue weighted by Crippen LogP contribution is -2.56. The van der Waals surface area contributed by atoms with E-state index in [2.05, 4.69) is 0 Å². The molecular weight excluding hydrogens is 396 g/mol. The minimum atomic E-state index is -0.466. The molecule has 148 valence electrons. The van der Waals surface area contributed by atoms with Crippen molar-refractivity contribution in [3.05, 3.63) is 96.1 Å². The van der Waals surface area contributed by atoms with Crippen LogP contribution in [0.2, 0.25) is 0 Å². The maximum absolute atomic E-state index is 13.4. The molecule has 3 aromatic carbocycles. The second-order valence-corrected chi connectivity index (χ2v) is 6.93. The van der Waals surface area contributed by atoms with E-state index in [4.69, 9.17) is 17.0 Å². The van der Waals surface area contributed by atoms with Gasteiger partial charge in [-0.25, -0.2) is 0 Å². The van der Waals surface area contributed by atoms with Crippen LogP contribution in [0.3, 0.4) is 0 Å². The van der Waals surface area contributed by atoms with Crippen molar-refractivity contribution in [2.45, 2.75) is 0 Å². The summed E-state index contributed by atoms with van der Waals surface area (Å²) < 4.78 is 5.25. The SMILES string of the molecule is COc1cccc(C=C2C(=O)N(c3ccccc3)C(=S)N(c3ccccc3)C2=O)c1. The topological polar surface area (TPSA) is 49.9 Å². The second-order valence-electron chi connectivity index (χ2n) is 6.57. The molecule has 1 aliphatic heterocycles. The molecule has 30 heavy (non-hydrogen) atoms. The summed E-state index contributed by atoms with van der Waals surface area (Å²) in [6.45, 7) is 0. The lowest BCUT2D eigenvalue weighted by molar-refractivity contribution is -0.120. The molecule has 0 spiro atoms. The van der Waals surface area contributed by atoms with Gasteiger partial charge in [-0.3, -0.25) is 19.4 Å². The molecule has 0 bridgehead atoms. The van der Waals surface area contributed by atoms with Crippen LogP contribution in [0.5, 0.6) is 5.75 Å². The third kappa shape index (κ3) is 3.60. The van der Waals surface area contributed by atoms with Crippen LogP contribution in [0.4, 0.5) is 11.4 Å². The van der Waals surface area contributed by atoms with Crippen molar-refractivity contribution < 1.29 is 14.3 Å². The van der Waals surface area contributed by atoms with Crippen molar-refractivity contribution in [3.63, 3.8) is 0 Å². The van der Waals surface area contributed by atoms with Crippen LogP contribution in [-0.4, -0.2) is 24.0 Å². The van der Waals surface area contributed by atoms with E-state index in [1.165, 1.54) is 9.80 Å². The van der Waals surface area contributed by atoms with Gasteiger partial charge in [-0.05, 0) is 60.3 Å². The summed E-state index contributed by atoms with van der Waals surface area (Å²) >= 11 is 5.59. The zero-order valence-corrected chi connectivity index (χ0v) is 17.0. The van der Waals surface area contributed by atoms with Crippen molar-refractivity contribution >= 4 is 46.6 Å². The van der Waals surface area contributed by atoms with E-state index in [1.54, 1.807) is 55.7 Å². The molecule has 0 aliphatic carbocycles. The van der Waals surface area contributed by atoms with Gasteiger partial charge in [-0.15, -0.1) is 0 Å². The zero-order chi connectivity index (χ0) is 21.1. The standard InChI is InChI=1S/C24H18N2O3S/c1-29-20-14-8-9-17(15-20)16-21-22(27)25(18-10-4-2-5-11-18)24(30)26(23(21)28)19-12-6-3-7-13-19/h2-16H,1H3. The first-order valence-corrected chi connectivity index (χ1v) is 9.69. The summed E-state index contributed by atoms with van der Waals surface area (Å²) in [6, 6.07) is 25.3. The number of anilines is 2. The fourth-order valence-electron chi connectivity index (χ4n) is 3.24. The van der Waals surface area contributed by atoms with Gasteiger partial charge in [-0.1, -0.05) is 48.5 Å². The van der Waals surface area contributed by atoms with E-state index in [9.17, 15) is 9.59 Å². The van der Waals surface area contributed by atoms with Gasteiger partial charge in [0.25, 0.3) is 11.8 Å². The number of carbonyl (C=O) groups is 2. The molecule has 0 aromatic heterocycles. The van der Waals surface area contributed by atoms with Gasteiger partial charge < -0.3 is 4.74 Å². The average molecular weight is 414 g/mol. The van der Waals surface area contributed by atoms with Crippen LogP contribution in [0.15, 0.2) is 90.5 Å². The number of thiocarbonyl (C=S) groups is 1. The van der Waals surface area contributed by atoms with Gasteiger partial charge in [0.2, 0.25) is 0 Å². The van der Waals surface area contributed by atoms with Crippen LogP contribution < -0.4 is 14.5 Å². The highest BCUT2D eigenvalue weighted by molar-refractivity contribution is 7.81. The van der Waals surface area contributed by atoms with Crippen LogP contribution >= 0.6 is 12.2 Å². The van der Waals surface area contributed by atoms with Crippen LogP contribution in [-0.2, 0) is 9.59 Å². The largest absolute Gasteiger partial charge is 0.497 e. The van der Waals surface area contributed by atoms with E-state index in [0.717, 1.165) is 0 Å². The number of benzene rings is 3. The molecule has 0 atom stereocenters. The Kier molecular flexibility index (Phi) is 5.41. The number of amides is 2. The van der Waals surface area contributed by atoms with Crippen LogP contribution in [0.25, 0.3) is 6.08 Å². The fourth-order valence-corrected chi connectivity index (χ4v) is 3.61. The summed E-state index contributed by atoms with van der Waals surface area (Å²) in [5.41, 5.74) is 1.89. The van der Waals surface area contributed by atoms with E-state index >= 15 is 0 Å². The predicted molar refractivity (Wildman–Crippen MR) is 121 cm³/mol. The van der Waals surface area contributed by atoms with E-state index in [-0.39, 0.29) is 10.7 Å². The van der Waals surface area contributed by atoms with Gasteiger partial charge in [-0.2, -0.15) is 0 Å². The number of methoxy groups -OCH3 is 1. The molecule has 1 aliphatic rings. The number of para-hydroxylation sites is 2. The molecule has 1 saturated heterocycles. The third-order valence-electron chi connectivity index (χ3n) is 4.68. The number of hydrogen-bond donors (Lipinski definition) is 0. The number of rotatable bonds is 4. The molecule has 2 amide bonds. The quantitative estimate of drug-likeness (QED) is 0.360. The van der Waals surface area contributed by atoms with Gasteiger partial charge in [0, 0.05) is 0 Å². The Morgan fingerprint density at radius 3 is 1.80 bits per heavy atom. The predicted octanol–water partition coefficient (Wildman–Crippen LogP) is 4.44. The number of hydrogen-bond acceptors (Lipinski definition) is 4. The Balaban J connectivity index is 1.86. The maximum Gasteiger partial charge on any atom is 0.270 e. The van der Waals surface area contributed by atoms with Gasteiger partial charge >= 0.3 is 0 Å². The molecule has 4 rings (SSSR count). The number of carbonyl (C=O) groups excluding carboxylic acids is 2. The van der Waals surface area contributed by atoms with Gasteiger partial charge in [0.05, 0.1) is 18.5 Å². The van der Waals surface area contributed by atoms with E-state index < -0.39 is 11.8 Å². The Hall–Kier alpha value is -3.77. The zero-order valence-electron chi connectivity index (χ0n) is 16.2. The van der Waals surface area contributed by atoms with Crippen LogP contribution in [0, 0.1) is 0 Å². The highest BCUT2D eigenvalue weighted by atomic mass is 32.1. The molecule has 6 heteroatoms. The molecule has 0 radical (unpaired) electrons. The first-order chi connectivity index (χ1) is 14.6. The summed E-state index contributed by atoms with van der Waals surface area (Å²) in [6.07, 6.45) is 1.57. The van der Waals surface area contributed by atoms with Crippen LogP contribution in [0.1, 0.15) is 5.56 Å². The monoisotopic (exact) mass is 414 g/mol. The summed E-state index contributed by atoms with van der Waals surface area (Å²) in [7, 11) is 1.57. The van der Waals surface area contributed by atoms with Crippen molar-refractivity contribution in [2.24, 2.45) is 0 Å². The lowest BCUT2D eigenvalue weighted by Gasteiger charge is -2.36. The molecule has 5 nitrogen and oxygen atoms in total. The van der Waals surface area contributed by atoms with Crippen molar-refractivity contribution in [1.82, 2.24) is 0 Å². The summed E-state index contributed by atoms with van der Waals surface area (Å²) in [5.74, 6) is -0.298. The van der Waals surface area contributed by atoms with Crippen molar-refractivity contribution in [1.29, 1.82) is 0 Å². The highest BCUT2D eigenvalue weighted by Crippen LogP contribution is 2.30. The Labute approximate surface area is 179 Å². The first kappa shape index (κ1) is 19.5. The molecule has 0 saturated carbocycles. The third-order valence-corrected chi connectivity index (χ3v) is 5.05. The van der Waals surface area contributed by atoms with E-state index in [0.29, 0.717) is 22.7 Å². The molecule has 1 heterocycles. The number of nitrogens with zero attached hydrogens (tertiary/aromatic N) is 2. The second kappa shape index (κ2) is 8.31. The first-order valence-electron chi connectivity index (χ1n) is 9.29. The normalized spacial score (nSPS) is 14.2. The number of ether oxygens (including phenoxy) is 1. The van der Waals surface area contributed by atoms with Crippen molar-refractivity contribution in [3.8, 4) is 5.75 Å². The Bertz CT molecular complexity index is 1080. The minimum absolute atomic E-state index is 0.0181. The molecule has 1 fully saturated rings. The molecular formula is C24H18N2O3S. The smallest absolute Gasteiger partial charge is 0.270 e. The average Bonchev–Trinajstić information content (AvgIpc) is 2.78. The maximum atomic E-state index is 13.4. The molecule has 0 unspecified atom stereocenters. The fraction of sp³-hybridized carbons (Fsp3) is 0.0417.